The van der Waals surface area contributed by atoms with Gasteiger partial charge < -0.3 is 5.11 Å². The Kier molecular flexibility index (Phi) is 3.00. The van der Waals surface area contributed by atoms with Crippen LogP contribution < -0.4 is 0 Å². The van der Waals surface area contributed by atoms with Gasteiger partial charge in [-0.1, -0.05) is 32.1 Å². The van der Waals surface area contributed by atoms with Crippen LogP contribution in [0.4, 0.5) is 0 Å². The highest BCUT2D eigenvalue weighted by molar-refractivity contribution is 5.18. The van der Waals surface area contributed by atoms with E-state index in [2.05, 4.69) is 33.4 Å². The molecule has 0 aliphatic heterocycles. The summed E-state index contributed by atoms with van der Waals surface area (Å²) in [6.07, 6.45) is 6.23. The van der Waals surface area contributed by atoms with Gasteiger partial charge in [0.05, 0.1) is 6.10 Å². The van der Waals surface area contributed by atoms with Crippen molar-refractivity contribution >= 4 is 0 Å². The first-order valence-corrected chi connectivity index (χ1v) is 6.44. The fourth-order valence-electron chi connectivity index (χ4n) is 3.34. The summed E-state index contributed by atoms with van der Waals surface area (Å²) >= 11 is 0. The van der Waals surface area contributed by atoms with Crippen molar-refractivity contribution in [2.45, 2.75) is 52.6 Å². The number of aliphatic hydroxyl groups is 1. The van der Waals surface area contributed by atoms with E-state index >= 15 is 0 Å². The van der Waals surface area contributed by atoms with E-state index < -0.39 is 0 Å². The first-order chi connectivity index (χ1) is 7.42. The number of aliphatic hydroxyl groups excluding tert-OH is 1. The minimum absolute atomic E-state index is 0.252. The Bertz CT molecular complexity index is 324. The van der Waals surface area contributed by atoms with E-state index in [1.54, 1.807) is 0 Å². The van der Waals surface area contributed by atoms with Gasteiger partial charge in [0.15, 0.2) is 0 Å². The molecule has 1 saturated carbocycles. The summed E-state index contributed by atoms with van der Waals surface area (Å²) in [4.78, 5) is 0. The maximum atomic E-state index is 9.94. The summed E-state index contributed by atoms with van der Waals surface area (Å²) in [6.45, 7) is 11.0. The summed E-state index contributed by atoms with van der Waals surface area (Å²) < 4.78 is 0. The Balaban J connectivity index is 2.18. The van der Waals surface area contributed by atoms with Crippen molar-refractivity contribution in [2.75, 3.05) is 0 Å². The van der Waals surface area contributed by atoms with Crippen LogP contribution in [0, 0.1) is 17.3 Å². The Morgan fingerprint density at radius 1 is 1.44 bits per heavy atom. The third-order valence-corrected chi connectivity index (χ3v) is 4.72. The molecular weight excluding hydrogens is 196 g/mol. The Hall–Kier alpha value is -0.560. The maximum Gasteiger partial charge on any atom is 0.0750 e. The summed E-state index contributed by atoms with van der Waals surface area (Å²) in [6, 6.07) is 0. The average Bonchev–Trinajstić information content (AvgIpc) is 2.24. The van der Waals surface area contributed by atoms with Gasteiger partial charge in [0.25, 0.3) is 0 Å². The summed E-state index contributed by atoms with van der Waals surface area (Å²) in [5, 5.41) is 9.94. The van der Waals surface area contributed by atoms with Gasteiger partial charge in [-0.15, -0.1) is 0 Å². The predicted octanol–water partition coefficient (Wildman–Crippen LogP) is 3.70. The van der Waals surface area contributed by atoms with Crippen LogP contribution in [0.1, 0.15) is 46.5 Å². The molecule has 90 valence electrons. The molecule has 0 amide bonds. The lowest BCUT2D eigenvalue weighted by Crippen LogP contribution is -2.44. The SMILES string of the molecule is C=C1CC[C@H](O)C(C)=CC[C@@H]2[C@@H]1CC2(C)C. The van der Waals surface area contributed by atoms with Crippen molar-refractivity contribution in [3.05, 3.63) is 23.8 Å². The molecule has 0 aromatic rings. The average molecular weight is 220 g/mol. The van der Waals surface area contributed by atoms with Crippen LogP contribution in [-0.2, 0) is 0 Å². The largest absolute Gasteiger partial charge is 0.389 e. The highest BCUT2D eigenvalue weighted by atomic mass is 16.3. The quantitative estimate of drug-likeness (QED) is 0.617. The summed E-state index contributed by atoms with van der Waals surface area (Å²) in [5.41, 5.74) is 2.97. The second kappa shape index (κ2) is 4.03. The number of rotatable bonds is 0. The van der Waals surface area contributed by atoms with Crippen molar-refractivity contribution in [3.8, 4) is 0 Å². The fourth-order valence-corrected chi connectivity index (χ4v) is 3.34. The van der Waals surface area contributed by atoms with Gasteiger partial charge >= 0.3 is 0 Å². The predicted molar refractivity (Wildman–Crippen MR) is 68.1 cm³/mol. The van der Waals surface area contributed by atoms with Crippen molar-refractivity contribution in [2.24, 2.45) is 17.3 Å². The van der Waals surface area contributed by atoms with Crippen molar-refractivity contribution < 1.29 is 5.11 Å². The summed E-state index contributed by atoms with van der Waals surface area (Å²) in [5.74, 6) is 1.43. The molecule has 1 N–H and O–H groups in total. The van der Waals surface area contributed by atoms with Gasteiger partial charge in [0.2, 0.25) is 0 Å². The molecule has 2 aliphatic carbocycles. The first-order valence-electron chi connectivity index (χ1n) is 6.44. The third kappa shape index (κ3) is 1.98. The molecule has 3 atom stereocenters. The standard InChI is InChI=1S/C15H24O/c1-10-6-8-14(16)11(2)5-7-13-12(10)9-15(13,3)4/h5,12-14,16H,1,6-9H2,2-4H3/t12-,13-,14+/m1/s1. The van der Waals surface area contributed by atoms with E-state index in [-0.39, 0.29) is 6.10 Å². The molecule has 0 aromatic heterocycles. The first kappa shape index (κ1) is 11.9. The number of hydrogen-bond donors (Lipinski definition) is 1. The lowest BCUT2D eigenvalue weighted by atomic mass is 9.52. The molecule has 1 fully saturated rings. The van der Waals surface area contributed by atoms with Crippen molar-refractivity contribution in [1.29, 1.82) is 0 Å². The Morgan fingerprint density at radius 2 is 2.12 bits per heavy atom. The highest BCUT2D eigenvalue weighted by Gasteiger charge is 2.47. The molecule has 1 nitrogen and oxygen atoms in total. The monoisotopic (exact) mass is 220 g/mol. The number of allylic oxidation sites excluding steroid dienone is 2. The molecule has 0 spiro atoms. The maximum absolute atomic E-state index is 9.94. The van der Waals surface area contributed by atoms with Crippen LogP contribution >= 0.6 is 0 Å². The Labute approximate surface area is 99.3 Å². The van der Waals surface area contributed by atoms with Crippen LogP contribution in [0.25, 0.3) is 0 Å². The molecule has 0 aromatic carbocycles. The molecule has 2 rings (SSSR count). The van der Waals surface area contributed by atoms with Crippen LogP contribution in [0.5, 0.6) is 0 Å². The topological polar surface area (TPSA) is 20.2 Å². The molecule has 0 saturated heterocycles. The van der Waals surface area contributed by atoms with E-state index in [0.717, 1.165) is 30.8 Å². The zero-order chi connectivity index (χ0) is 11.9. The van der Waals surface area contributed by atoms with Gasteiger partial charge in [-0.2, -0.15) is 0 Å². The molecule has 2 aliphatic rings. The highest BCUT2D eigenvalue weighted by Crippen LogP contribution is 2.56. The van der Waals surface area contributed by atoms with Gasteiger partial charge in [0, 0.05) is 0 Å². The lowest BCUT2D eigenvalue weighted by molar-refractivity contribution is 0.0119. The second-order valence-corrected chi connectivity index (χ2v) is 6.30. The molecule has 0 bridgehead atoms. The van der Waals surface area contributed by atoms with Gasteiger partial charge in [0.1, 0.15) is 0 Å². The molecule has 16 heavy (non-hydrogen) atoms. The van der Waals surface area contributed by atoms with Crippen LogP contribution in [0.15, 0.2) is 23.8 Å². The van der Waals surface area contributed by atoms with Crippen molar-refractivity contribution in [1.82, 2.24) is 0 Å². The molecule has 0 heterocycles. The Morgan fingerprint density at radius 3 is 2.75 bits per heavy atom. The smallest absolute Gasteiger partial charge is 0.0750 e. The second-order valence-electron chi connectivity index (χ2n) is 6.30. The van der Waals surface area contributed by atoms with Gasteiger partial charge in [-0.3, -0.25) is 0 Å². The molecule has 0 unspecified atom stereocenters. The zero-order valence-electron chi connectivity index (χ0n) is 10.8. The lowest BCUT2D eigenvalue weighted by Gasteiger charge is -2.52. The van der Waals surface area contributed by atoms with E-state index in [9.17, 15) is 5.11 Å². The minimum atomic E-state index is -0.252. The molecule has 0 radical (unpaired) electrons. The van der Waals surface area contributed by atoms with E-state index in [1.807, 2.05) is 0 Å². The van der Waals surface area contributed by atoms with Crippen LogP contribution in [-0.4, -0.2) is 11.2 Å². The van der Waals surface area contributed by atoms with Gasteiger partial charge in [-0.25, -0.2) is 0 Å². The number of hydrogen-bond acceptors (Lipinski definition) is 1. The molecule has 1 heteroatoms. The fraction of sp³-hybridized carbons (Fsp3) is 0.733. The van der Waals surface area contributed by atoms with Crippen LogP contribution in [0.2, 0.25) is 0 Å². The van der Waals surface area contributed by atoms with Gasteiger partial charge in [-0.05, 0) is 55.4 Å². The minimum Gasteiger partial charge on any atom is -0.389 e. The molecular formula is C15H24O. The zero-order valence-corrected chi connectivity index (χ0v) is 10.8. The van der Waals surface area contributed by atoms with Crippen LogP contribution in [0.3, 0.4) is 0 Å². The van der Waals surface area contributed by atoms with E-state index in [0.29, 0.717) is 11.3 Å². The summed E-state index contributed by atoms with van der Waals surface area (Å²) in [7, 11) is 0. The third-order valence-electron chi connectivity index (χ3n) is 4.72. The normalized spacial score (nSPS) is 38.6. The number of fused-ring (bicyclic) bond motifs is 1. The van der Waals surface area contributed by atoms with Crippen molar-refractivity contribution in [3.63, 3.8) is 0 Å². The van der Waals surface area contributed by atoms with E-state index in [4.69, 9.17) is 0 Å². The van der Waals surface area contributed by atoms with E-state index in [1.165, 1.54) is 12.0 Å².